The molecule has 0 atom stereocenters. The molecule has 74 heavy (non-hydrogen) atoms. The lowest BCUT2D eigenvalue weighted by Gasteiger charge is -2.35. The van der Waals surface area contributed by atoms with E-state index in [2.05, 4.69) is 289 Å². The second-order valence-electron chi connectivity index (χ2n) is 19.6. The summed E-state index contributed by atoms with van der Waals surface area (Å²) in [7, 11) is 0. The Morgan fingerprint density at radius 1 is 0.338 bits per heavy atom. The molecule has 2 aromatic heterocycles. The van der Waals surface area contributed by atoms with Crippen molar-refractivity contribution in [3.8, 4) is 39.1 Å². The summed E-state index contributed by atoms with van der Waals surface area (Å²) in [6, 6.07) is 103. The van der Waals surface area contributed by atoms with Crippen LogP contribution in [0.2, 0.25) is 0 Å². The van der Waals surface area contributed by atoms with Gasteiger partial charge >= 0.3 is 0 Å². The molecule has 12 aromatic carbocycles. The highest BCUT2D eigenvalue weighted by Crippen LogP contribution is 2.57. The van der Waals surface area contributed by atoms with E-state index in [1.165, 1.54) is 103 Å². The Bertz CT molecular complexity index is 4440. The summed E-state index contributed by atoms with van der Waals surface area (Å²) < 4.78 is 5.10. The molecule has 0 saturated heterocycles. The maximum atomic E-state index is 2.49. The van der Waals surface area contributed by atoms with Crippen molar-refractivity contribution in [2.45, 2.75) is 5.41 Å². The number of benzene rings is 12. The van der Waals surface area contributed by atoms with Crippen LogP contribution >= 0.6 is 11.3 Å². The van der Waals surface area contributed by atoms with Crippen molar-refractivity contribution in [3.05, 3.63) is 301 Å². The Hall–Kier alpha value is -9.28. The van der Waals surface area contributed by atoms with E-state index in [-0.39, 0.29) is 0 Å². The average molecular weight is 959 g/mol. The van der Waals surface area contributed by atoms with Gasteiger partial charge in [-0.15, -0.1) is 11.3 Å². The van der Waals surface area contributed by atoms with Gasteiger partial charge in [-0.3, -0.25) is 0 Å². The maximum Gasteiger partial charge on any atom is 0.0714 e. The Morgan fingerprint density at radius 2 is 0.919 bits per heavy atom. The van der Waals surface area contributed by atoms with Gasteiger partial charge in [-0.25, -0.2) is 0 Å². The van der Waals surface area contributed by atoms with E-state index in [4.69, 9.17) is 0 Å². The van der Waals surface area contributed by atoms with Crippen LogP contribution in [0.4, 0.5) is 17.1 Å². The number of para-hydroxylation sites is 1. The molecule has 0 saturated carbocycles. The highest BCUT2D eigenvalue weighted by Gasteiger charge is 2.46. The molecule has 1 aliphatic carbocycles. The number of rotatable bonds is 8. The maximum absolute atomic E-state index is 2.49. The quantitative estimate of drug-likeness (QED) is 0.147. The number of fused-ring (bicyclic) bond motifs is 10. The summed E-state index contributed by atoms with van der Waals surface area (Å²) >= 11 is 1.87. The standard InChI is InChI=1S/C71H46N2S/c1-3-21-52(22-4-1)71(53-23-5-2-6-24-53)62-30-12-9-27-57(62)58-43-41-55(46-63(58)71)72(64-32-16-19-49-18-7-8-26-56(49)64)54-25-15-20-50(44-54)47-36-38-48(39-37-47)51-40-42-60-59-28-10-13-31-65(59)73(67(60)45-51)66-33-17-35-69-70(66)61-29-11-14-34-68(61)74-69/h1-46H. The predicted octanol–water partition coefficient (Wildman–Crippen LogP) is 19.5. The first-order chi connectivity index (χ1) is 36.7. The molecule has 14 aromatic rings. The summed E-state index contributed by atoms with van der Waals surface area (Å²) in [5.74, 6) is 0. The number of hydrogen-bond donors (Lipinski definition) is 0. The van der Waals surface area contributed by atoms with E-state index in [0.717, 1.165) is 28.2 Å². The SMILES string of the molecule is c1ccc(C2(c3ccccc3)c3ccccc3-c3ccc(N(c4cccc(-c5ccc(-c6ccc7c8ccccc8n(-c8cccc9sc%10ccccc%10c89)c7c6)cc5)c4)c4cccc5ccccc45)cc32)cc1. The summed E-state index contributed by atoms with van der Waals surface area (Å²) in [4.78, 5) is 2.47. The van der Waals surface area contributed by atoms with E-state index in [0.29, 0.717) is 0 Å². The van der Waals surface area contributed by atoms with Crippen molar-refractivity contribution >= 4 is 81.1 Å². The zero-order valence-electron chi connectivity index (χ0n) is 40.4. The molecule has 0 fully saturated rings. The summed E-state index contributed by atoms with van der Waals surface area (Å²) in [5.41, 5.74) is 18.8. The first-order valence-electron chi connectivity index (χ1n) is 25.5. The fourth-order valence-corrected chi connectivity index (χ4v) is 13.6. The van der Waals surface area contributed by atoms with Gasteiger partial charge in [0.05, 0.1) is 27.8 Å². The zero-order valence-corrected chi connectivity index (χ0v) is 41.2. The molecule has 3 heteroatoms. The number of anilines is 3. The molecule has 0 spiro atoms. The number of hydrogen-bond acceptors (Lipinski definition) is 2. The minimum absolute atomic E-state index is 0.521. The lowest BCUT2D eigenvalue weighted by molar-refractivity contribution is 0.768. The minimum Gasteiger partial charge on any atom is -0.310 e. The van der Waals surface area contributed by atoms with Crippen molar-refractivity contribution in [3.63, 3.8) is 0 Å². The summed E-state index contributed by atoms with van der Waals surface area (Å²) in [6.07, 6.45) is 0. The molecule has 2 heterocycles. The number of aromatic nitrogens is 1. The molecule has 0 bridgehead atoms. The van der Waals surface area contributed by atoms with E-state index < -0.39 is 5.41 Å². The van der Waals surface area contributed by atoms with Gasteiger partial charge < -0.3 is 9.47 Å². The van der Waals surface area contributed by atoms with E-state index in [1.807, 2.05) is 11.3 Å². The third-order valence-electron chi connectivity index (χ3n) is 15.7. The van der Waals surface area contributed by atoms with Crippen LogP contribution in [0.1, 0.15) is 22.3 Å². The molecular weight excluding hydrogens is 913 g/mol. The van der Waals surface area contributed by atoms with Gasteiger partial charge in [0.2, 0.25) is 0 Å². The van der Waals surface area contributed by atoms with Gasteiger partial charge in [-0.1, -0.05) is 218 Å². The van der Waals surface area contributed by atoms with Crippen molar-refractivity contribution in [1.82, 2.24) is 4.57 Å². The van der Waals surface area contributed by atoms with Crippen molar-refractivity contribution in [2.24, 2.45) is 0 Å². The summed E-state index contributed by atoms with van der Waals surface area (Å²) in [6.45, 7) is 0. The molecule has 0 amide bonds. The van der Waals surface area contributed by atoms with Gasteiger partial charge in [-0.05, 0) is 122 Å². The molecule has 1 aliphatic rings. The Balaban J connectivity index is 0.860. The lowest BCUT2D eigenvalue weighted by atomic mass is 9.67. The monoisotopic (exact) mass is 958 g/mol. The van der Waals surface area contributed by atoms with E-state index >= 15 is 0 Å². The highest BCUT2D eigenvalue weighted by molar-refractivity contribution is 7.25. The Labute approximate surface area is 433 Å². The van der Waals surface area contributed by atoms with Crippen LogP contribution in [-0.2, 0) is 5.41 Å². The van der Waals surface area contributed by atoms with Crippen LogP contribution in [0.15, 0.2) is 279 Å². The van der Waals surface area contributed by atoms with Crippen LogP contribution in [0.5, 0.6) is 0 Å². The van der Waals surface area contributed by atoms with Gasteiger partial charge in [-0.2, -0.15) is 0 Å². The fourth-order valence-electron chi connectivity index (χ4n) is 12.4. The van der Waals surface area contributed by atoms with Gasteiger partial charge in [0.1, 0.15) is 0 Å². The second kappa shape index (κ2) is 16.9. The molecule has 2 nitrogen and oxygen atoms in total. The average Bonchev–Trinajstić information content (AvgIpc) is 4.20. The normalized spacial score (nSPS) is 12.7. The van der Waals surface area contributed by atoms with Gasteiger partial charge in [0.25, 0.3) is 0 Å². The van der Waals surface area contributed by atoms with E-state index in [1.54, 1.807) is 0 Å². The Kier molecular flexibility index (Phi) is 9.70. The van der Waals surface area contributed by atoms with Crippen LogP contribution in [0.3, 0.4) is 0 Å². The number of nitrogens with zero attached hydrogens (tertiary/aromatic N) is 2. The minimum atomic E-state index is -0.521. The molecular formula is C71H46N2S. The smallest absolute Gasteiger partial charge is 0.0714 e. The lowest BCUT2D eigenvalue weighted by Crippen LogP contribution is -2.28. The zero-order chi connectivity index (χ0) is 48.7. The molecule has 0 radical (unpaired) electrons. The topological polar surface area (TPSA) is 8.17 Å². The highest BCUT2D eigenvalue weighted by atomic mass is 32.1. The molecule has 0 aliphatic heterocycles. The van der Waals surface area contributed by atoms with Crippen molar-refractivity contribution in [2.75, 3.05) is 4.90 Å². The molecule has 0 N–H and O–H groups in total. The van der Waals surface area contributed by atoms with Gasteiger partial charge in [0, 0.05) is 47.7 Å². The van der Waals surface area contributed by atoms with Crippen LogP contribution in [0, 0.1) is 0 Å². The van der Waals surface area contributed by atoms with Crippen molar-refractivity contribution < 1.29 is 0 Å². The predicted molar refractivity (Wildman–Crippen MR) is 314 cm³/mol. The first kappa shape index (κ1) is 42.4. The third-order valence-corrected chi connectivity index (χ3v) is 16.8. The summed E-state index contributed by atoms with van der Waals surface area (Å²) in [5, 5.41) is 7.52. The van der Waals surface area contributed by atoms with Crippen molar-refractivity contribution in [1.29, 1.82) is 0 Å². The third kappa shape index (κ3) is 6.43. The van der Waals surface area contributed by atoms with Crippen LogP contribution < -0.4 is 4.90 Å². The number of thiophene rings is 1. The molecule has 346 valence electrons. The Morgan fingerprint density at radius 3 is 1.73 bits per heavy atom. The largest absolute Gasteiger partial charge is 0.310 e. The van der Waals surface area contributed by atoms with E-state index in [9.17, 15) is 0 Å². The van der Waals surface area contributed by atoms with Gasteiger partial charge in [0.15, 0.2) is 0 Å². The second-order valence-corrected chi connectivity index (χ2v) is 20.6. The van der Waals surface area contributed by atoms with Crippen LogP contribution in [-0.4, -0.2) is 4.57 Å². The molecule has 0 unspecified atom stereocenters. The van der Waals surface area contributed by atoms with Crippen LogP contribution in [0.25, 0.3) is 91.8 Å². The first-order valence-corrected chi connectivity index (χ1v) is 26.3. The molecule has 15 rings (SSSR count). The fraction of sp³-hybridized carbons (Fsp3) is 0.0141.